The molecule has 94 valence electrons. The van der Waals surface area contributed by atoms with E-state index >= 15 is 0 Å². The van der Waals surface area contributed by atoms with Crippen LogP contribution in [0.15, 0.2) is 46.9 Å². The Bertz CT molecular complexity index is 786. The molecule has 1 aliphatic rings. The van der Waals surface area contributed by atoms with E-state index in [9.17, 15) is 0 Å². The Hall–Kier alpha value is -1.34. The second-order valence-electron chi connectivity index (χ2n) is 5.44. The number of hydrogen-bond donors (Lipinski definition) is 0. The number of rotatable bonds is 0. The molecule has 0 aromatic heterocycles. The molecule has 0 atom stereocenters. The third-order valence-electron chi connectivity index (χ3n) is 4.31. The number of benzene rings is 3. The third-order valence-corrected chi connectivity index (χ3v) is 4.81. The zero-order chi connectivity index (χ0) is 12.8. The van der Waals surface area contributed by atoms with Crippen LogP contribution in [0.2, 0.25) is 0 Å². The Morgan fingerprint density at radius 3 is 2.47 bits per heavy atom. The summed E-state index contributed by atoms with van der Waals surface area (Å²) >= 11 is 3.59. The quantitative estimate of drug-likeness (QED) is 0.472. The lowest BCUT2D eigenvalue weighted by atomic mass is 9.86. The largest absolute Gasteiger partial charge is 0.0581 e. The molecule has 1 aliphatic carbocycles. The molecule has 3 aromatic rings. The van der Waals surface area contributed by atoms with E-state index in [1.165, 1.54) is 47.2 Å². The zero-order valence-electron chi connectivity index (χ0n) is 10.7. The topological polar surface area (TPSA) is 0 Å². The predicted octanol–water partition coefficient (Wildman–Crippen LogP) is 5.63. The van der Waals surface area contributed by atoms with E-state index in [0.29, 0.717) is 0 Å². The summed E-state index contributed by atoms with van der Waals surface area (Å²) in [5.41, 5.74) is 3.15. The van der Waals surface area contributed by atoms with Crippen molar-refractivity contribution in [3.8, 4) is 0 Å². The van der Waals surface area contributed by atoms with Crippen molar-refractivity contribution in [3.63, 3.8) is 0 Å². The van der Waals surface area contributed by atoms with Crippen molar-refractivity contribution in [2.75, 3.05) is 0 Å². The monoisotopic (exact) mass is 310 g/mol. The molecule has 0 fully saturated rings. The number of hydrogen-bond acceptors (Lipinski definition) is 0. The molecule has 0 saturated carbocycles. The van der Waals surface area contributed by atoms with Crippen LogP contribution in [0.25, 0.3) is 21.5 Å². The minimum absolute atomic E-state index is 1.16. The van der Waals surface area contributed by atoms with Gasteiger partial charge < -0.3 is 0 Å². The fourth-order valence-corrected chi connectivity index (χ4v) is 3.72. The van der Waals surface area contributed by atoms with E-state index in [4.69, 9.17) is 0 Å². The maximum absolute atomic E-state index is 3.59. The first-order chi connectivity index (χ1) is 9.33. The van der Waals surface area contributed by atoms with Crippen LogP contribution in [0.3, 0.4) is 0 Å². The van der Waals surface area contributed by atoms with Gasteiger partial charge in [-0.15, -0.1) is 0 Å². The summed E-state index contributed by atoms with van der Waals surface area (Å²) in [5, 5.41) is 5.55. The van der Waals surface area contributed by atoms with E-state index in [0.717, 1.165) is 4.47 Å². The Morgan fingerprint density at radius 2 is 1.53 bits per heavy atom. The van der Waals surface area contributed by atoms with Gasteiger partial charge >= 0.3 is 0 Å². The summed E-state index contributed by atoms with van der Waals surface area (Å²) in [7, 11) is 0. The van der Waals surface area contributed by atoms with Crippen molar-refractivity contribution in [1.29, 1.82) is 0 Å². The zero-order valence-corrected chi connectivity index (χ0v) is 12.3. The van der Waals surface area contributed by atoms with Gasteiger partial charge in [-0.2, -0.15) is 0 Å². The fraction of sp³-hybridized carbons (Fsp3) is 0.222. The van der Waals surface area contributed by atoms with Crippen LogP contribution in [-0.2, 0) is 12.8 Å². The molecule has 19 heavy (non-hydrogen) atoms. The summed E-state index contributed by atoms with van der Waals surface area (Å²) in [4.78, 5) is 0. The normalized spacial score (nSPS) is 14.8. The fourth-order valence-electron chi connectivity index (χ4n) is 3.36. The molecule has 1 heteroatoms. The molecule has 0 spiro atoms. The van der Waals surface area contributed by atoms with Crippen molar-refractivity contribution in [1.82, 2.24) is 0 Å². The summed E-state index contributed by atoms with van der Waals surface area (Å²) in [6, 6.07) is 15.8. The summed E-state index contributed by atoms with van der Waals surface area (Å²) in [6.45, 7) is 0. The summed E-state index contributed by atoms with van der Waals surface area (Å²) < 4.78 is 1.16. The van der Waals surface area contributed by atoms with Gasteiger partial charge in [0, 0.05) is 4.47 Å². The van der Waals surface area contributed by atoms with Crippen LogP contribution in [-0.4, -0.2) is 0 Å². The third kappa shape index (κ3) is 1.80. The van der Waals surface area contributed by atoms with Crippen LogP contribution in [0.1, 0.15) is 24.0 Å². The summed E-state index contributed by atoms with van der Waals surface area (Å²) in [5.74, 6) is 0. The highest BCUT2D eigenvalue weighted by Crippen LogP contribution is 2.34. The van der Waals surface area contributed by atoms with Gasteiger partial charge in [-0.1, -0.05) is 46.3 Å². The SMILES string of the molecule is Brc1ccc2ccc3c4c(ccc3c2c1)CCCC4. The van der Waals surface area contributed by atoms with Gasteiger partial charge in [-0.3, -0.25) is 0 Å². The van der Waals surface area contributed by atoms with Crippen LogP contribution in [0.5, 0.6) is 0 Å². The van der Waals surface area contributed by atoms with Gasteiger partial charge in [-0.25, -0.2) is 0 Å². The maximum Gasteiger partial charge on any atom is 0.0181 e. The molecule has 0 amide bonds. The Labute approximate surface area is 121 Å². The first kappa shape index (κ1) is 11.5. The first-order valence-corrected chi connectivity index (χ1v) is 7.75. The minimum atomic E-state index is 1.16. The predicted molar refractivity (Wildman–Crippen MR) is 85.8 cm³/mol. The molecule has 0 bridgehead atoms. The van der Waals surface area contributed by atoms with Crippen molar-refractivity contribution in [3.05, 3.63) is 58.1 Å². The second kappa shape index (κ2) is 4.35. The van der Waals surface area contributed by atoms with Gasteiger partial charge in [0.15, 0.2) is 0 Å². The second-order valence-corrected chi connectivity index (χ2v) is 6.35. The molecule has 4 rings (SSSR count). The smallest absolute Gasteiger partial charge is 0.0181 e. The minimum Gasteiger partial charge on any atom is -0.0581 e. The Balaban J connectivity index is 2.14. The van der Waals surface area contributed by atoms with Crippen LogP contribution < -0.4 is 0 Å². The lowest BCUT2D eigenvalue weighted by molar-refractivity contribution is 0.690. The molecule has 3 aromatic carbocycles. The van der Waals surface area contributed by atoms with Gasteiger partial charge in [0.2, 0.25) is 0 Å². The highest BCUT2D eigenvalue weighted by Gasteiger charge is 2.13. The van der Waals surface area contributed by atoms with Crippen molar-refractivity contribution < 1.29 is 0 Å². The maximum atomic E-state index is 3.59. The molecular weight excluding hydrogens is 296 g/mol. The van der Waals surface area contributed by atoms with E-state index in [1.807, 2.05) is 0 Å². The molecule has 0 aliphatic heterocycles. The van der Waals surface area contributed by atoms with Gasteiger partial charge in [0.05, 0.1) is 0 Å². The van der Waals surface area contributed by atoms with Gasteiger partial charge in [0.1, 0.15) is 0 Å². The van der Waals surface area contributed by atoms with Crippen LogP contribution >= 0.6 is 15.9 Å². The van der Waals surface area contributed by atoms with Gasteiger partial charge in [-0.05, 0) is 70.5 Å². The average molecular weight is 311 g/mol. The van der Waals surface area contributed by atoms with E-state index in [-0.39, 0.29) is 0 Å². The first-order valence-electron chi connectivity index (χ1n) is 6.96. The highest BCUT2D eigenvalue weighted by molar-refractivity contribution is 9.10. The van der Waals surface area contributed by atoms with E-state index in [2.05, 4.69) is 58.4 Å². The number of aryl methyl sites for hydroxylation is 2. The Morgan fingerprint density at radius 1 is 0.737 bits per heavy atom. The molecule has 0 nitrogen and oxygen atoms in total. The Kier molecular flexibility index (Phi) is 2.63. The lowest BCUT2D eigenvalue weighted by Gasteiger charge is -2.18. The molecule has 0 unspecified atom stereocenters. The van der Waals surface area contributed by atoms with Crippen molar-refractivity contribution in [2.45, 2.75) is 25.7 Å². The highest BCUT2D eigenvalue weighted by atomic mass is 79.9. The van der Waals surface area contributed by atoms with Crippen molar-refractivity contribution >= 4 is 37.5 Å². The van der Waals surface area contributed by atoms with Crippen molar-refractivity contribution in [2.24, 2.45) is 0 Å². The van der Waals surface area contributed by atoms with Crippen LogP contribution in [0, 0.1) is 0 Å². The molecule has 0 radical (unpaired) electrons. The molecule has 0 saturated heterocycles. The number of halogens is 1. The molecule has 0 heterocycles. The summed E-state index contributed by atoms with van der Waals surface area (Å²) in [6.07, 6.45) is 5.17. The molecular formula is C18H15Br. The number of fused-ring (bicyclic) bond motifs is 5. The average Bonchev–Trinajstić information content (AvgIpc) is 2.46. The molecule has 0 N–H and O–H groups in total. The standard InChI is InChI=1S/C18H15Br/c19-14-8-5-13-7-9-16-15-4-2-1-3-12(15)6-10-17(16)18(13)11-14/h5-11H,1-4H2. The lowest BCUT2D eigenvalue weighted by Crippen LogP contribution is -2.03. The van der Waals surface area contributed by atoms with Gasteiger partial charge in [0.25, 0.3) is 0 Å². The van der Waals surface area contributed by atoms with Crippen LogP contribution in [0.4, 0.5) is 0 Å². The van der Waals surface area contributed by atoms with E-state index < -0.39 is 0 Å². The van der Waals surface area contributed by atoms with E-state index in [1.54, 1.807) is 11.1 Å².